The Hall–Kier alpha value is -1.89. The van der Waals surface area contributed by atoms with E-state index < -0.39 is 8.25 Å². The third-order valence-electron chi connectivity index (χ3n) is 4.79. The molecule has 0 bridgehead atoms. The molecule has 26 heavy (non-hydrogen) atoms. The minimum Gasteiger partial charge on any atom is -0.493 e. The molecule has 1 aromatic heterocycles. The van der Waals surface area contributed by atoms with Crippen LogP contribution in [-0.2, 0) is 9.09 Å². The van der Waals surface area contributed by atoms with Crippen LogP contribution in [0.4, 0.5) is 5.82 Å². The molecule has 3 rings (SSSR count). The number of rotatable bonds is 7. The van der Waals surface area contributed by atoms with Crippen molar-refractivity contribution >= 4 is 25.0 Å². The molecule has 0 spiro atoms. The number of ether oxygens (including phenoxy) is 2. The molecule has 0 amide bonds. The fourth-order valence-electron chi connectivity index (χ4n) is 3.37. The molecule has 1 unspecified atom stereocenters. The summed E-state index contributed by atoms with van der Waals surface area (Å²) in [4.78, 5) is 19.8. The number of nitrogens with zero attached hydrogens (tertiary/aromatic N) is 3. The van der Waals surface area contributed by atoms with Gasteiger partial charge in [-0.05, 0) is 31.2 Å². The van der Waals surface area contributed by atoms with Crippen molar-refractivity contribution in [2.75, 3.05) is 38.8 Å². The average Bonchev–Trinajstić information content (AvgIpc) is 2.66. The first-order chi connectivity index (χ1) is 12.6. The summed E-state index contributed by atoms with van der Waals surface area (Å²) < 4.78 is 26.2. The van der Waals surface area contributed by atoms with Gasteiger partial charge in [0.15, 0.2) is 11.5 Å². The Balaban J connectivity index is 1.74. The van der Waals surface area contributed by atoms with Gasteiger partial charge in [0.2, 0.25) is 0 Å². The molecule has 1 aliphatic rings. The summed E-state index contributed by atoms with van der Waals surface area (Å²) in [6, 6.07) is 3.78. The van der Waals surface area contributed by atoms with Crippen molar-refractivity contribution in [2.24, 2.45) is 5.92 Å². The second kappa shape index (κ2) is 8.66. The van der Waals surface area contributed by atoms with Crippen LogP contribution in [-0.4, -0.2) is 48.8 Å². The zero-order valence-corrected chi connectivity index (χ0v) is 16.0. The molecule has 1 atom stereocenters. The van der Waals surface area contributed by atoms with Gasteiger partial charge in [0.1, 0.15) is 12.1 Å². The highest BCUT2D eigenvalue weighted by Gasteiger charge is 2.22. The maximum atomic E-state index is 10.6. The van der Waals surface area contributed by atoms with Gasteiger partial charge in [-0.1, -0.05) is 0 Å². The van der Waals surface area contributed by atoms with Gasteiger partial charge in [-0.3, -0.25) is 4.57 Å². The average molecular weight is 381 g/mol. The lowest BCUT2D eigenvalue weighted by atomic mass is 9.94. The third-order valence-corrected chi connectivity index (χ3v) is 5.24. The van der Waals surface area contributed by atoms with Crippen LogP contribution >= 0.6 is 8.25 Å². The largest absolute Gasteiger partial charge is 0.493 e. The van der Waals surface area contributed by atoms with Crippen LogP contribution in [0.2, 0.25) is 0 Å². The molecule has 8 nitrogen and oxygen atoms in total. The highest BCUT2D eigenvalue weighted by Crippen LogP contribution is 2.36. The normalized spacial score (nSPS) is 16.7. The van der Waals surface area contributed by atoms with Gasteiger partial charge in [-0.15, -0.1) is 0 Å². The number of hydrogen-bond donors (Lipinski definition) is 1. The molecular weight excluding hydrogens is 357 g/mol. The Morgan fingerprint density at radius 2 is 1.88 bits per heavy atom. The number of fused-ring (bicyclic) bond motifs is 1. The second-order valence-corrected chi connectivity index (χ2v) is 7.08. The topological polar surface area (TPSA) is 94.0 Å². The second-order valence-electron chi connectivity index (χ2n) is 6.26. The summed E-state index contributed by atoms with van der Waals surface area (Å²) in [6.45, 7) is 2.09. The van der Waals surface area contributed by atoms with E-state index in [2.05, 4.69) is 14.9 Å². The van der Waals surface area contributed by atoms with Gasteiger partial charge in [0.05, 0.1) is 26.3 Å². The molecule has 0 aliphatic carbocycles. The first-order valence-electron chi connectivity index (χ1n) is 8.59. The van der Waals surface area contributed by atoms with E-state index in [1.165, 1.54) is 0 Å². The Labute approximate surface area is 153 Å². The molecule has 2 heterocycles. The first-order valence-corrected chi connectivity index (χ1v) is 9.86. The number of piperidine rings is 1. The lowest BCUT2D eigenvalue weighted by molar-refractivity contribution is 0.241. The van der Waals surface area contributed by atoms with Crippen molar-refractivity contribution in [1.82, 2.24) is 9.97 Å². The Morgan fingerprint density at radius 1 is 1.19 bits per heavy atom. The monoisotopic (exact) mass is 381 g/mol. The molecule has 1 aliphatic heterocycles. The Kier molecular flexibility index (Phi) is 6.29. The standard InChI is InChI=1S/C17H24N3O5P/c1-23-15-9-13-14(10-16(15)24-2)18-11-19-17(13)20-6-3-12(4-7-20)5-8-25-26(21)22/h9-12,26H,3-8H2,1-2H3,(H,21,22). The summed E-state index contributed by atoms with van der Waals surface area (Å²) in [6.07, 6.45) is 4.37. The first kappa shape index (κ1) is 18.9. The number of aromatic nitrogens is 2. The highest BCUT2D eigenvalue weighted by atomic mass is 31.1. The number of anilines is 1. The SMILES string of the molecule is COc1cc2ncnc(N3CCC(CCO[PH](=O)O)CC3)c2cc1OC. The van der Waals surface area contributed by atoms with Crippen molar-refractivity contribution in [1.29, 1.82) is 0 Å². The van der Waals surface area contributed by atoms with E-state index in [-0.39, 0.29) is 0 Å². The zero-order valence-electron chi connectivity index (χ0n) is 15.0. The van der Waals surface area contributed by atoms with E-state index in [4.69, 9.17) is 18.9 Å². The molecule has 1 aromatic carbocycles. The lowest BCUT2D eigenvalue weighted by Crippen LogP contribution is -2.34. The lowest BCUT2D eigenvalue weighted by Gasteiger charge is -2.33. The van der Waals surface area contributed by atoms with Gasteiger partial charge in [-0.25, -0.2) is 9.97 Å². The van der Waals surface area contributed by atoms with Crippen molar-refractivity contribution in [2.45, 2.75) is 19.3 Å². The number of methoxy groups -OCH3 is 2. The van der Waals surface area contributed by atoms with E-state index in [0.717, 1.165) is 49.1 Å². The predicted octanol–water partition coefficient (Wildman–Crippen LogP) is 2.65. The zero-order chi connectivity index (χ0) is 18.5. The van der Waals surface area contributed by atoms with Gasteiger partial charge in [0, 0.05) is 24.5 Å². The van der Waals surface area contributed by atoms with Crippen LogP contribution < -0.4 is 14.4 Å². The van der Waals surface area contributed by atoms with Gasteiger partial charge < -0.3 is 23.8 Å². The van der Waals surface area contributed by atoms with Crippen LogP contribution in [0.3, 0.4) is 0 Å². The fourth-order valence-corrected chi connectivity index (χ4v) is 3.66. The highest BCUT2D eigenvalue weighted by molar-refractivity contribution is 7.32. The predicted molar refractivity (Wildman–Crippen MR) is 99.4 cm³/mol. The minimum absolute atomic E-state index is 0.340. The molecular formula is C17H24N3O5P. The van der Waals surface area contributed by atoms with Crippen molar-refractivity contribution in [3.05, 3.63) is 18.5 Å². The molecule has 1 fully saturated rings. The summed E-state index contributed by atoms with van der Waals surface area (Å²) in [5.41, 5.74) is 0.816. The van der Waals surface area contributed by atoms with Crippen LogP contribution in [0, 0.1) is 5.92 Å². The maximum Gasteiger partial charge on any atom is 0.316 e. The summed E-state index contributed by atoms with van der Waals surface area (Å²) in [7, 11) is 0.394. The van der Waals surface area contributed by atoms with Crippen molar-refractivity contribution < 1.29 is 23.5 Å². The van der Waals surface area contributed by atoms with Crippen LogP contribution in [0.25, 0.3) is 10.9 Å². The number of hydrogen-bond acceptors (Lipinski definition) is 7. The van der Waals surface area contributed by atoms with E-state index >= 15 is 0 Å². The third kappa shape index (κ3) is 4.26. The van der Waals surface area contributed by atoms with E-state index in [9.17, 15) is 4.57 Å². The van der Waals surface area contributed by atoms with Crippen LogP contribution in [0.1, 0.15) is 19.3 Å². The maximum absolute atomic E-state index is 10.6. The van der Waals surface area contributed by atoms with Crippen molar-refractivity contribution in [3.63, 3.8) is 0 Å². The quantitative estimate of drug-likeness (QED) is 0.732. The van der Waals surface area contributed by atoms with Gasteiger partial charge in [0.25, 0.3) is 0 Å². The summed E-state index contributed by atoms with van der Waals surface area (Å²) >= 11 is 0. The molecule has 1 saturated heterocycles. The molecule has 2 aromatic rings. The van der Waals surface area contributed by atoms with Gasteiger partial charge >= 0.3 is 8.25 Å². The van der Waals surface area contributed by atoms with Crippen LogP contribution in [0.15, 0.2) is 18.5 Å². The van der Waals surface area contributed by atoms with E-state index in [1.807, 2.05) is 12.1 Å². The molecule has 1 N–H and O–H groups in total. The minimum atomic E-state index is -2.82. The smallest absolute Gasteiger partial charge is 0.316 e. The molecule has 0 saturated carbocycles. The van der Waals surface area contributed by atoms with E-state index in [1.54, 1.807) is 20.5 Å². The van der Waals surface area contributed by atoms with Gasteiger partial charge in [-0.2, -0.15) is 0 Å². The van der Waals surface area contributed by atoms with E-state index in [0.29, 0.717) is 24.0 Å². The molecule has 142 valence electrons. The van der Waals surface area contributed by atoms with Crippen LogP contribution in [0.5, 0.6) is 11.5 Å². The van der Waals surface area contributed by atoms with Crippen molar-refractivity contribution in [3.8, 4) is 11.5 Å². The summed E-state index contributed by atoms with van der Waals surface area (Å²) in [5.74, 6) is 2.69. The Bertz CT molecular complexity index is 780. The molecule has 0 radical (unpaired) electrons. The molecule has 9 heteroatoms. The summed E-state index contributed by atoms with van der Waals surface area (Å²) in [5, 5.41) is 0.936. The fraction of sp³-hybridized carbons (Fsp3) is 0.529. The Morgan fingerprint density at radius 3 is 2.54 bits per heavy atom. The number of benzene rings is 1.